The standard InChI is InChI=1S/C14H14Cl2F3NO/c1-13(2,3)11-6-10(21-20-11)12-8(15)4-7(5-9(12)16)14(17,18)19/h4-5,10H,6H2,1-3H3. The quantitative estimate of drug-likeness (QED) is 0.626. The summed E-state index contributed by atoms with van der Waals surface area (Å²) in [5, 5.41) is 3.87. The fourth-order valence-electron chi connectivity index (χ4n) is 2.03. The lowest BCUT2D eigenvalue weighted by Gasteiger charge is -2.18. The predicted octanol–water partition coefficient (Wildman–Crippen LogP) is 5.88. The fourth-order valence-corrected chi connectivity index (χ4v) is 2.76. The van der Waals surface area contributed by atoms with E-state index >= 15 is 0 Å². The zero-order valence-electron chi connectivity index (χ0n) is 11.7. The zero-order chi connectivity index (χ0) is 16.0. The Morgan fingerprint density at radius 3 is 2.05 bits per heavy atom. The van der Waals surface area contributed by atoms with Gasteiger partial charge in [-0.25, -0.2) is 0 Å². The molecule has 1 aliphatic heterocycles. The molecule has 2 nitrogen and oxygen atoms in total. The van der Waals surface area contributed by atoms with Gasteiger partial charge in [-0.2, -0.15) is 13.2 Å². The molecule has 116 valence electrons. The van der Waals surface area contributed by atoms with Gasteiger partial charge in [0.05, 0.1) is 11.3 Å². The number of oxime groups is 1. The summed E-state index contributed by atoms with van der Waals surface area (Å²) in [7, 11) is 0. The summed E-state index contributed by atoms with van der Waals surface area (Å²) >= 11 is 11.9. The Bertz CT molecular complexity index is 568. The minimum absolute atomic E-state index is 0.0646. The normalized spacial score (nSPS) is 19.4. The van der Waals surface area contributed by atoms with Crippen molar-refractivity contribution in [2.45, 2.75) is 39.5 Å². The van der Waals surface area contributed by atoms with Crippen molar-refractivity contribution < 1.29 is 18.0 Å². The highest BCUT2D eigenvalue weighted by atomic mass is 35.5. The number of halogens is 5. The van der Waals surface area contributed by atoms with Crippen LogP contribution in [0.25, 0.3) is 0 Å². The molecule has 0 radical (unpaired) electrons. The van der Waals surface area contributed by atoms with Crippen LogP contribution in [0.2, 0.25) is 10.0 Å². The molecule has 1 unspecified atom stereocenters. The topological polar surface area (TPSA) is 21.6 Å². The molecule has 7 heteroatoms. The first-order valence-corrected chi connectivity index (χ1v) is 7.05. The molecule has 0 N–H and O–H groups in total. The van der Waals surface area contributed by atoms with E-state index in [1.165, 1.54) is 0 Å². The molecule has 0 aromatic heterocycles. The number of nitrogens with zero attached hydrogens (tertiary/aromatic N) is 1. The Hall–Kier alpha value is -0.940. The van der Waals surface area contributed by atoms with E-state index in [1.807, 2.05) is 20.8 Å². The van der Waals surface area contributed by atoms with E-state index in [1.54, 1.807) is 0 Å². The summed E-state index contributed by atoms with van der Waals surface area (Å²) in [5.41, 5.74) is 0.102. The van der Waals surface area contributed by atoms with Crippen LogP contribution >= 0.6 is 23.2 Å². The molecule has 1 atom stereocenters. The highest BCUT2D eigenvalue weighted by molar-refractivity contribution is 6.36. The highest BCUT2D eigenvalue weighted by Gasteiger charge is 2.36. The maximum absolute atomic E-state index is 12.7. The van der Waals surface area contributed by atoms with E-state index < -0.39 is 17.8 Å². The van der Waals surface area contributed by atoms with Crippen LogP contribution in [-0.4, -0.2) is 5.71 Å². The van der Waals surface area contributed by atoms with Crippen LogP contribution in [-0.2, 0) is 11.0 Å². The smallest absolute Gasteiger partial charge is 0.387 e. The average Bonchev–Trinajstić information content (AvgIpc) is 2.75. The van der Waals surface area contributed by atoms with Gasteiger partial charge in [0.1, 0.15) is 0 Å². The minimum atomic E-state index is -4.49. The summed E-state index contributed by atoms with van der Waals surface area (Å²) in [6, 6.07) is 1.72. The molecule has 1 heterocycles. The Morgan fingerprint density at radius 2 is 1.67 bits per heavy atom. The van der Waals surface area contributed by atoms with E-state index in [9.17, 15) is 13.2 Å². The molecule has 0 spiro atoms. The maximum Gasteiger partial charge on any atom is 0.416 e. The number of hydrogen-bond acceptors (Lipinski definition) is 2. The van der Waals surface area contributed by atoms with Crippen molar-refractivity contribution in [2.75, 3.05) is 0 Å². The molecule has 0 fully saturated rings. The number of hydrogen-bond donors (Lipinski definition) is 0. The zero-order valence-corrected chi connectivity index (χ0v) is 13.2. The van der Waals surface area contributed by atoms with Crippen LogP contribution in [0.1, 0.15) is 44.4 Å². The van der Waals surface area contributed by atoms with Crippen LogP contribution < -0.4 is 0 Å². The van der Waals surface area contributed by atoms with Gasteiger partial charge in [-0.05, 0) is 12.1 Å². The number of alkyl halides is 3. The first-order chi connectivity index (χ1) is 9.50. The Kier molecular flexibility index (Phi) is 4.19. The molecular formula is C14H14Cl2F3NO. The largest absolute Gasteiger partial charge is 0.416 e. The van der Waals surface area contributed by atoms with Gasteiger partial charge in [-0.3, -0.25) is 0 Å². The van der Waals surface area contributed by atoms with E-state index in [-0.39, 0.29) is 15.5 Å². The molecule has 0 aliphatic carbocycles. The molecule has 0 bridgehead atoms. The van der Waals surface area contributed by atoms with Gasteiger partial charge >= 0.3 is 6.18 Å². The van der Waals surface area contributed by atoms with E-state index in [0.717, 1.165) is 17.8 Å². The molecule has 1 aromatic carbocycles. The van der Waals surface area contributed by atoms with Crippen LogP contribution in [0, 0.1) is 5.41 Å². The monoisotopic (exact) mass is 339 g/mol. The van der Waals surface area contributed by atoms with Gasteiger partial charge < -0.3 is 4.84 Å². The predicted molar refractivity (Wildman–Crippen MR) is 76.8 cm³/mol. The van der Waals surface area contributed by atoms with Crippen molar-refractivity contribution in [2.24, 2.45) is 10.6 Å². The van der Waals surface area contributed by atoms with Crippen molar-refractivity contribution in [1.82, 2.24) is 0 Å². The Morgan fingerprint density at radius 1 is 1.14 bits per heavy atom. The second kappa shape index (κ2) is 5.36. The van der Waals surface area contributed by atoms with E-state index in [4.69, 9.17) is 28.0 Å². The third-order valence-corrected chi connectivity index (χ3v) is 3.89. The van der Waals surface area contributed by atoms with Crippen molar-refractivity contribution in [3.05, 3.63) is 33.3 Å². The van der Waals surface area contributed by atoms with Crippen molar-refractivity contribution in [1.29, 1.82) is 0 Å². The average molecular weight is 340 g/mol. The van der Waals surface area contributed by atoms with Crippen molar-refractivity contribution in [3.63, 3.8) is 0 Å². The summed E-state index contributed by atoms with van der Waals surface area (Å²) in [5.74, 6) is 0. The second-order valence-corrected chi connectivity index (χ2v) is 6.75. The van der Waals surface area contributed by atoms with Gasteiger partial charge in [0.15, 0.2) is 6.10 Å². The third kappa shape index (κ3) is 3.46. The highest BCUT2D eigenvalue weighted by Crippen LogP contribution is 2.43. The lowest BCUT2D eigenvalue weighted by molar-refractivity contribution is -0.137. The number of rotatable bonds is 1. The summed E-state index contributed by atoms with van der Waals surface area (Å²) in [6.45, 7) is 5.94. The summed E-state index contributed by atoms with van der Waals surface area (Å²) in [4.78, 5) is 5.30. The molecule has 1 aromatic rings. The van der Waals surface area contributed by atoms with Crippen molar-refractivity contribution >= 4 is 28.9 Å². The lowest BCUT2D eigenvalue weighted by atomic mass is 9.86. The van der Waals surface area contributed by atoms with Crippen LogP contribution in [0.15, 0.2) is 17.3 Å². The lowest BCUT2D eigenvalue weighted by Crippen LogP contribution is -2.19. The second-order valence-electron chi connectivity index (χ2n) is 5.94. The molecule has 0 amide bonds. The number of benzene rings is 1. The fraction of sp³-hybridized carbons (Fsp3) is 0.500. The summed E-state index contributed by atoms with van der Waals surface area (Å²) in [6.07, 6.45) is -4.59. The molecule has 1 aliphatic rings. The van der Waals surface area contributed by atoms with Crippen LogP contribution in [0.5, 0.6) is 0 Å². The van der Waals surface area contributed by atoms with E-state index in [2.05, 4.69) is 5.16 Å². The Balaban J connectivity index is 2.32. The van der Waals surface area contributed by atoms with Crippen LogP contribution in [0.4, 0.5) is 13.2 Å². The van der Waals surface area contributed by atoms with Crippen LogP contribution in [0.3, 0.4) is 0 Å². The third-order valence-electron chi connectivity index (χ3n) is 3.26. The van der Waals surface area contributed by atoms with Crippen molar-refractivity contribution in [3.8, 4) is 0 Å². The van der Waals surface area contributed by atoms with Gasteiger partial charge in [0.25, 0.3) is 0 Å². The first-order valence-electron chi connectivity index (χ1n) is 6.29. The molecule has 21 heavy (non-hydrogen) atoms. The van der Waals surface area contributed by atoms with Gasteiger partial charge in [-0.15, -0.1) is 0 Å². The molecule has 0 saturated heterocycles. The SMILES string of the molecule is CC(C)(C)C1=NOC(c2c(Cl)cc(C(F)(F)F)cc2Cl)C1. The minimum Gasteiger partial charge on any atom is -0.387 e. The first kappa shape index (κ1) is 16.4. The van der Waals surface area contributed by atoms with Gasteiger partial charge in [0.2, 0.25) is 0 Å². The molecule has 0 saturated carbocycles. The van der Waals surface area contributed by atoms with E-state index in [0.29, 0.717) is 12.0 Å². The van der Waals surface area contributed by atoms with Gasteiger partial charge in [0, 0.05) is 27.4 Å². The molecular weight excluding hydrogens is 326 g/mol. The van der Waals surface area contributed by atoms with Gasteiger partial charge in [-0.1, -0.05) is 49.1 Å². The molecule has 2 rings (SSSR count). The maximum atomic E-state index is 12.7. The Labute approximate surface area is 130 Å². The summed E-state index contributed by atoms with van der Waals surface area (Å²) < 4.78 is 38.1.